The number of rotatable bonds is 1. The van der Waals surface area contributed by atoms with E-state index >= 15 is 0 Å². The smallest absolute Gasteiger partial charge is 0.0921 e. The van der Waals surface area contributed by atoms with E-state index in [-0.39, 0.29) is 14.8 Å². The third-order valence-electron chi connectivity index (χ3n) is 4.21. The minimum absolute atomic E-state index is 0.0128. The lowest BCUT2D eigenvalue weighted by Gasteiger charge is -2.30. The Morgan fingerprint density at radius 2 is 2.00 bits per heavy atom. The predicted octanol–water partition coefficient (Wildman–Crippen LogP) is 3.46. The van der Waals surface area contributed by atoms with Gasteiger partial charge in [-0.2, -0.15) is 0 Å². The first-order valence-corrected chi connectivity index (χ1v) is 6.61. The lowest BCUT2D eigenvalue weighted by molar-refractivity contribution is 0.0485. The van der Waals surface area contributed by atoms with Gasteiger partial charge in [0, 0.05) is 5.41 Å². The highest BCUT2D eigenvalue weighted by Crippen LogP contribution is 2.77. The summed E-state index contributed by atoms with van der Waals surface area (Å²) in [7, 11) is 0. The van der Waals surface area contributed by atoms with Crippen molar-refractivity contribution in [2.75, 3.05) is 0 Å². The highest BCUT2D eigenvalue weighted by atomic mass is 79.9. The van der Waals surface area contributed by atoms with Gasteiger partial charge in [-0.15, -0.1) is 0 Å². The van der Waals surface area contributed by atoms with E-state index < -0.39 is 0 Å². The second-order valence-corrected chi connectivity index (χ2v) is 8.55. The number of fused-ring (bicyclic) bond motifs is 1. The van der Waals surface area contributed by atoms with Crippen molar-refractivity contribution in [1.82, 2.24) is 0 Å². The molecule has 0 spiro atoms. The number of halogens is 2. The summed E-state index contributed by atoms with van der Waals surface area (Å²) in [5.74, 6) is 1.01. The molecule has 2 aliphatic rings. The van der Waals surface area contributed by atoms with E-state index in [2.05, 4.69) is 52.3 Å². The Balaban J connectivity index is 2.20. The van der Waals surface area contributed by atoms with Crippen LogP contribution in [0.15, 0.2) is 12.2 Å². The van der Waals surface area contributed by atoms with Crippen molar-refractivity contribution in [3.05, 3.63) is 12.2 Å². The summed E-state index contributed by atoms with van der Waals surface area (Å²) in [6, 6.07) is 0. The summed E-state index contributed by atoms with van der Waals surface area (Å²) in [6.45, 7) is 8.21. The van der Waals surface area contributed by atoms with E-state index in [4.69, 9.17) is 0 Å². The van der Waals surface area contributed by atoms with E-state index in [0.29, 0.717) is 11.8 Å². The zero-order chi connectivity index (χ0) is 10.7. The summed E-state index contributed by atoms with van der Waals surface area (Å²) < 4.78 is -0.0450. The molecule has 0 heterocycles. The minimum Gasteiger partial charge on any atom is -0.392 e. The van der Waals surface area contributed by atoms with E-state index in [1.807, 2.05) is 0 Å². The van der Waals surface area contributed by atoms with Crippen LogP contribution in [0.3, 0.4) is 0 Å². The topological polar surface area (TPSA) is 20.2 Å². The van der Waals surface area contributed by atoms with E-state index in [0.717, 1.165) is 12.8 Å². The van der Waals surface area contributed by atoms with Gasteiger partial charge in [0.1, 0.15) is 0 Å². The molecule has 1 nitrogen and oxygen atoms in total. The molecule has 2 rings (SSSR count). The number of aliphatic hydroxyl groups is 1. The van der Waals surface area contributed by atoms with Crippen LogP contribution in [0.25, 0.3) is 0 Å². The molecule has 2 fully saturated rings. The van der Waals surface area contributed by atoms with E-state index in [1.165, 1.54) is 5.57 Å². The fourth-order valence-electron chi connectivity index (χ4n) is 2.78. The molecule has 0 aromatic rings. The molecule has 0 aromatic heterocycles. The van der Waals surface area contributed by atoms with Gasteiger partial charge in [-0.05, 0) is 31.6 Å². The molecular weight excluding hydrogens is 308 g/mol. The van der Waals surface area contributed by atoms with Gasteiger partial charge >= 0.3 is 0 Å². The fraction of sp³-hybridized carbons (Fsp3) is 0.818. The van der Waals surface area contributed by atoms with E-state index in [9.17, 15) is 5.11 Å². The van der Waals surface area contributed by atoms with Gasteiger partial charge in [0.25, 0.3) is 0 Å². The second kappa shape index (κ2) is 3.08. The van der Waals surface area contributed by atoms with Gasteiger partial charge in [-0.1, -0.05) is 50.9 Å². The van der Waals surface area contributed by atoms with Gasteiger partial charge in [0.2, 0.25) is 0 Å². The van der Waals surface area contributed by atoms with Crippen LogP contribution in [0.2, 0.25) is 0 Å². The van der Waals surface area contributed by atoms with Crippen molar-refractivity contribution >= 4 is 31.9 Å². The van der Waals surface area contributed by atoms with Gasteiger partial charge < -0.3 is 5.11 Å². The highest BCUT2D eigenvalue weighted by Gasteiger charge is 2.76. The summed E-state index contributed by atoms with van der Waals surface area (Å²) in [4.78, 5) is 0. The number of hydrogen-bond acceptors (Lipinski definition) is 1. The normalized spacial score (nSPS) is 49.6. The first-order valence-electron chi connectivity index (χ1n) is 5.03. The Labute approximate surface area is 102 Å². The van der Waals surface area contributed by atoms with Crippen molar-refractivity contribution < 1.29 is 5.11 Å². The number of allylic oxidation sites excluding steroid dienone is 1. The average Bonchev–Trinajstić information content (AvgIpc) is 2.50. The highest BCUT2D eigenvalue weighted by molar-refractivity contribution is 9.25. The molecule has 3 heteroatoms. The van der Waals surface area contributed by atoms with Gasteiger partial charge in [0.15, 0.2) is 0 Å². The molecule has 0 bridgehead atoms. The first kappa shape index (κ1) is 11.2. The fourth-order valence-corrected chi connectivity index (χ4v) is 4.96. The summed E-state index contributed by atoms with van der Waals surface area (Å²) >= 11 is 7.36. The van der Waals surface area contributed by atoms with Crippen LogP contribution in [0.5, 0.6) is 0 Å². The lowest BCUT2D eigenvalue weighted by Crippen LogP contribution is -2.30. The average molecular weight is 324 g/mol. The summed E-state index contributed by atoms with van der Waals surface area (Å²) in [5.41, 5.74) is 1.22. The molecule has 0 aliphatic heterocycles. The summed E-state index contributed by atoms with van der Waals surface area (Å²) in [5, 5.41) is 10.1. The van der Waals surface area contributed by atoms with Crippen LogP contribution in [0.4, 0.5) is 0 Å². The Morgan fingerprint density at radius 3 is 2.43 bits per heavy atom. The molecule has 0 aromatic carbocycles. The third-order valence-corrected chi connectivity index (χ3v) is 7.03. The Bertz CT molecular complexity index is 287. The van der Waals surface area contributed by atoms with Crippen LogP contribution in [0, 0.1) is 17.3 Å². The number of alkyl halides is 2. The van der Waals surface area contributed by atoms with Crippen LogP contribution in [-0.4, -0.2) is 14.4 Å². The maximum atomic E-state index is 10.1. The number of aliphatic hydroxyl groups excluding tert-OH is 1. The zero-order valence-corrected chi connectivity index (χ0v) is 11.7. The molecule has 80 valence electrons. The monoisotopic (exact) mass is 322 g/mol. The molecule has 0 unspecified atom stereocenters. The number of hydrogen-bond donors (Lipinski definition) is 1. The minimum atomic E-state index is -0.221. The van der Waals surface area contributed by atoms with Crippen LogP contribution in [-0.2, 0) is 0 Å². The van der Waals surface area contributed by atoms with E-state index in [1.54, 1.807) is 0 Å². The summed E-state index contributed by atoms with van der Waals surface area (Å²) in [6.07, 6.45) is 1.78. The zero-order valence-electron chi connectivity index (χ0n) is 8.56. The lowest BCUT2D eigenvalue weighted by atomic mass is 9.78. The standard InChI is InChI=1S/C11H16Br2O/c1-6(2)7-4-8-10(3,9(14)5-7)11(8,12)13/h7-9,14H,1,4-5H2,2-3H3/t7-,8-,9-,10-/m1/s1. The quantitative estimate of drug-likeness (QED) is 0.579. The SMILES string of the molecule is C=C(C)[C@H]1C[C@@H](O)[C@@]2(C)[C@@H](C1)C2(Br)Br. The molecule has 0 amide bonds. The molecule has 4 atom stereocenters. The Kier molecular flexibility index (Phi) is 2.45. The molecule has 1 N–H and O–H groups in total. The Hall–Kier alpha value is 0.660. The maximum Gasteiger partial charge on any atom is 0.0921 e. The van der Waals surface area contributed by atoms with Gasteiger partial charge in [0.05, 0.1) is 9.34 Å². The van der Waals surface area contributed by atoms with Crippen LogP contribution in [0.1, 0.15) is 26.7 Å². The molecule has 2 saturated carbocycles. The van der Waals surface area contributed by atoms with Gasteiger partial charge in [-0.25, -0.2) is 0 Å². The van der Waals surface area contributed by atoms with Crippen molar-refractivity contribution in [2.45, 2.75) is 36.0 Å². The first-order chi connectivity index (χ1) is 6.31. The third kappa shape index (κ3) is 1.21. The predicted molar refractivity (Wildman–Crippen MR) is 65.7 cm³/mol. The van der Waals surface area contributed by atoms with Crippen molar-refractivity contribution in [2.24, 2.45) is 17.3 Å². The van der Waals surface area contributed by atoms with Gasteiger partial charge in [-0.3, -0.25) is 0 Å². The molecule has 0 saturated heterocycles. The molecule has 2 aliphatic carbocycles. The van der Waals surface area contributed by atoms with Crippen molar-refractivity contribution in [3.8, 4) is 0 Å². The Morgan fingerprint density at radius 1 is 1.43 bits per heavy atom. The van der Waals surface area contributed by atoms with Crippen LogP contribution < -0.4 is 0 Å². The molecular formula is C11H16Br2O. The van der Waals surface area contributed by atoms with Crippen LogP contribution >= 0.6 is 31.9 Å². The van der Waals surface area contributed by atoms with Crippen molar-refractivity contribution in [3.63, 3.8) is 0 Å². The second-order valence-electron chi connectivity index (χ2n) is 4.99. The molecule has 0 radical (unpaired) electrons. The molecule has 14 heavy (non-hydrogen) atoms. The van der Waals surface area contributed by atoms with Crippen molar-refractivity contribution in [1.29, 1.82) is 0 Å². The maximum absolute atomic E-state index is 10.1. The largest absolute Gasteiger partial charge is 0.392 e.